The van der Waals surface area contributed by atoms with Crippen molar-refractivity contribution in [2.75, 3.05) is 0 Å². The van der Waals surface area contributed by atoms with Gasteiger partial charge in [0.1, 0.15) is 0 Å². The van der Waals surface area contributed by atoms with E-state index in [0.29, 0.717) is 0 Å². The number of hydrogen-bond donors (Lipinski definition) is 0. The van der Waals surface area contributed by atoms with Crippen molar-refractivity contribution in [2.24, 2.45) is 0 Å². The van der Waals surface area contributed by atoms with Crippen molar-refractivity contribution in [1.82, 2.24) is 0 Å². The van der Waals surface area contributed by atoms with Crippen LogP contribution >= 0.6 is 0 Å². The average molecular weight is 366 g/mol. The van der Waals surface area contributed by atoms with E-state index in [2.05, 4.69) is 0 Å². The Morgan fingerprint density at radius 2 is 0.750 bits per heavy atom. The predicted octanol–water partition coefficient (Wildman–Crippen LogP) is -3.48. The summed E-state index contributed by atoms with van der Waals surface area (Å²) in [6, 6.07) is 0. The fraction of sp³-hybridized carbons (Fsp3) is 0. The molecule has 4 heavy (non-hydrogen) atoms. The second-order valence-corrected chi connectivity index (χ2v) is 0. The van der Waals surface area contributed by atoms with Crippen molar-refractivity contribution in [3.05, 3.63) is 0 Å². The van der Waals surface area contributed by atoms with Gasteiger partial charge >= 0.3 is 51.2 Å². The molecule has 0 heterocycles. The summed E-state index contributed by atoms with van der Waals surface area (Å²) in [4.78, 5) is 0. The van der Waals surface area contributed by atoms with Gasteiger partial charge in [0.05, 0.1) is 0 Å². The molecular formula is H8O2PbSn. The molecule has 0 amide bonds. The van der Waals surface area contributed by atoms with E-state index in [1.807, 2.05) is 0 Å². The Balaban J connectivity index is 0. The fourth-order valence-electron chi connectivity index (χ4n) is 0. The number of rotatable bonds is 0. The van der Waals surface area contributed by atoms with Crippen LogP contribution in [0.4, 0.5) is 0 Å². The van der Waals surface area contributed by atoms with Crippen molar-refractivity contribution in [2.45, 2.75) is 0 Å². The van der Waals surface area contributed by atoms with Crippen LogP contribution in [0.25, 0.3) is 0 Å². The first-order chi connectivity index (χ1) is 0. The Bertz CT molecular complexity index is 6.00. The summed E-state index contributed by atoms with van der Waals surface area (Å²) < 4.78 is 0. The van der Waals surface area contributed by atoms with Gasteiger partial charge < -0.3 is 11.0 Å². The van der Waals surface area contributed by atoms with Gasteiger partial charge in [-0.3, -0.25) is 0 Å². The zero-order valence-corrected chi connectivity index (χ0v) is 11.9. The van der Waals surface area contributed by atoms with Gasteiger partial charge in [-0.25, -0.2) is 0 Å². The molecule has 0 bridgehead atoms. The molecule has 0 saturated heterocycles. The average Bonchev–Trinajstić information content (AvgIpc) is 0. The van der Waals surface area contributed by atoms with Crippen LogP contribution in [-0.2, 0) is 0 Å². The molecule has 0 aromatic rings. The van der Waals surface area contributed by atoms with Crippen molar-refractivity contribution in [3.8, 4) is 0 Å². The van der Waals surface area contributed by atoms with Crippen LogP contribution < -0.4 is 0 Å². The molecule has 4 radical (unpaired) electrons. The molecule has 0 unspecified atom stereocenters. The van der Waals surface area contributed by atoms with Gasteiger partial charge in [0.25, 0.3) is 0 Å². The van der Waals surface area contributed by atoms with Gasteiger partial charge in [-0.05, 0) is 0 Å². The van der Waals surface area contributed by atoms with E-state index in [1.54, 1.807) is 0 Å². The maximum atomic E-state index is 0. The van der Waals surface area contributed by atoms with Crippen LogP contribution in [0, 0.1) is 0 Å². The second-order valence-electron chi connectivity index (χ2n) is 0. The molecular weight excluding hydrogens is 358 g/mol. The Morgan fingerprint density at radius 3 is 0.750 bits per heavy atom. The molecule has 28 valence electrons. The monoisotopic (exact) mass is 368 g/mol. The first kappa shape index (κ1) is 45.1. The molecule has 4 N–H and O–H groups in total. The molecule has 2 nitrogen and oxygen atoms in total. The third-order valence-electron chi connectivity index (χ3n) is 0. The molecule has 0 aromatic carbocycles. The van der Waals surface area contributed by atoms with Crippen LogP contribution in [-0.4, -0.2) is 62.2 Å². The quantitative estimate of drug-likeness (QED) is 0.400. The summed E-state index contributed by atoms with van der Waals surface area (Å²) in [5.41, 5.74) is 0. The standard InChI is InChI=1S/2H2O.Pb.Sn.4H/h2*1H2;;;;;;. The van der Waals surface area contributed by atoms with Crippen molar-refractivity contribution < 1.29 is 11.0 Å². The Kier molecular flexibility index (Phi) is 258. The molecule has 0 atom stereocenters. The van der Waals surface area contributed by atoms with Gasteiger partial charge in [0.15, 0.2) is 0 Å². The van der Waals surface area contributed by atoms with E-state index < -0.39 is 0 Å². The Hall–Kier alpha value is 1.64. The SMILES string of the molecule is O.O.[PbH2].[SnH2]. The first-order valence-corrected chi connectivity index (χ1v) is 0. The van der Waals surface area contributed by atoms with Gasteiger partial charge in [-0.1, -0.05) is 0 Å². The summed E-state index contributed by atoms with van der Waals surface area (Å²) in [5, 5.41) is 0. The molecule has 4 heteroatoms. The zero-order chi connectivity index (χ0) is 0. The first-order valence-electron chi connectivity index (χ1n) is 0. The van der Waals surface area contributed by atoms with Gasteiger partial charge in [0.2, 0.25) is 0 Å². The molecule has 0 aliphatic carbocycles. The third kappa shape index (κ3) is 9.43. The summed E-state index contributed by atoms with van der Waals surface area (Å²) in [6.07, 6.45) is 0. The molecule has 0 spiro atoms. The topological polar surface area (TPSA) is 63.0 Å². The van der Waals surface area contributed by atoms with E-state index in [-0.39, 0.29) is 62.2 Å². The summed E-state index contributed by atoms with van der Waals surface area (Å²) in [6.45, 7) is 0. The second kappa shape index (κ2) is 22.8. The predicted molar refractivity (Wildman–Crippen MR) is 24.3 cm³/mol. The summed E-state index contributed by atoms with van der Waals surface area (Å²) >= 11 is 0. The molecule has 0 saturated carbocycles. The van der Waals surface area contributed by atoms with Crippen molar-refractivity contribution in [1.29, 1.82) is 0 Å². The van der Waals surface area contributed by atoms with Crippen LogP contribution in [0.3, 0.4) is 0 Å². The van der Waals surface area contributed by atoms with E-state index in [9.17, 15) is 0 Å². The van der Waals surface area contributed by atoms with E-state index in [1.165, 1.54) is 0 Å². The van der Waals surface area contributed by atoms with Gasteiger partial charge in [-0.2, -0.15) is 0 Å². The number of hydrogen-bond acceptors (Lipinski definition) is 0. The minimum atomic E-state index is 0. The molecule has 0 aromatic heterocycles. The maximum absolute atomic E-state index is 0. The van der Waals surface area contributed by atoms with Crippen LogP contribution in [0.5, 0.6) is 0 Å². The Labute approximate surface area is 61.7 Å². The van der Waals surface area contributed by atoms with E-state index in [0.717, 1.165) is 0 Å². The van der Waals surface area contributed by atoms with E-state index in [4.69, 9.17) is 0 Å². The van der Waals surface area contributed by atoms with Gasteiger partial charge in [-0.15, -0.1) is 0 Å². The van der Waals surface area contributed by atoms with E-state index >= 15 is 0 Å². The third-order valence-corrected chi connectivity index (χ3v) is 0. The van der Waals surface area contributed by atoms with Crippen molar-refractivity contribution in [3.63, 3.8) is 0 Å². The Morgan fingerprint density at radius 1 is 0.750 bits per heavy atom. The molecule has 0 aliphatic heterocycles. The molecule has 0 rings (SSSR count). The minimum absolute atomic E-state index is 0. The van der Waals surface area contributed by atoms with Crippen LogP contribution in [0.1, 0.15) is 0 Å². The van der Waals surface area contributed by atoms with Gasteiger partial charge in [0, 0.05) is 0 Å². The molecule has 0 aliphatic rings. The van der Waals surface area contributed by atoms with Crippen molar-refractivity contribution >= 4 is 51.2 Å². The van der Waals surface area contributed by atoms with Crippen LogP contribution in [0.2, 0.25) is 0 Å². The fourth-order valence-corrected chi connectivity index (χ4v) is 0. The normalized spacial score (nSPS) is 0. The van der Waals surface area contributed by atoms with Crippen LogP contribution in [0.15, 0.2) is 0 Å². The zero-order valence-electron chi connectivity index (χ0n) is 2.41. The summed E-state index contributed by atoms with van der Waals surface area (Å²) in [7, 11) is 0. The molecule has 0 fully saturated rings. The summed E-state index contributed by atoms with van der Waals surface area (Å²) in [5.74, 6) is 0.